The molecule has 2 fully saturated rings. The Morgan fingerprint density at radius 2 is 2.20 bits per heavy atom. The van der Waals surface area contributed by atoms with Crippen molar-refractivity contribution in [1.82, 2.24) is 15.6 Å². The first-order chi connectivity index (χ1) is 11.9. The Bertz CT molecular complexity index is 604. The van der Waals surface area contributed by atoms with Gasteiger partial charge in [0, 0.05) is 37.0 Å². The van der Waals surface area contributed by atoms with Crippen molar-refractivity contribution in [2.24, 2.45) is 22.7 Å². The summed E-state index contributed by atoms with van der Waals surface area (Å²) in [5, 5.41) is 15.7. The van der Waals surface area contributed by atoms with Crippen LogP contribution in [0.15, 0.2) is 24.4 Å². The van der Waals surface area contributed by atoms with Crippen LogP contribution in [0.4, 0.5) is 4.79 Å². The van der Waals surface area contributed by atoms with Gasteiger partial charge in [0.05, 0.1) is 0 Å². The zero-order valence-electron chi connectivity index (χ0n) is 15.6. The molecule has 1 aromatic heterocycles. The van der Waals surface area contributed by atoms with Crippen molar-refractivity contribution in [3.63, 3.8) is 0 Å². The molecule has 2 bridgehead atoms. The van der Waals surface area contributed by atoms with Crippen LogP contribution in [0, 0.1) is 22.7 Å². The highest BCUT2D eigenvalue weighted by Crippen LogP contribution is 2.65. The van der Waals surface area contributed by atoms with E-state index in [1.165, 1.54) is 12.8 Å². The zero-order chi connectivity index (χ0) is 18.1. The fraction of sp³-hybridized carbons (Fsp3) is 0.700. The number of nitrogens with zero attached hydrogens (tertiary/aromatic N) is 1. The minimum absolute atomic E-state index is 0.0206. The number of rotatable bonds is 6. The van der Waals surface area contributed by atoms with Gasteiger partial charge in [-0.3, -0.25) is 4.98 Å². The lowest BCUT2D eigenvalue weighted by Crippen LogP contribution is -2.51. The lowest BCUT2D eigenvalue weighted by atomic mass is 9.69. The SMILES string of the molecule is CC1(C)C2CCC1(C)C(NC(=O)NCC(CO)Cc1ccccn1)C2. The van der Waals surface area contributed by atoms with Crippen molar-refractivity contribution >= 4 is 6.03 Å². The molecule has 1 heterocycles. The molecule has 3 rings (SSSR count). The van der Waals surface area contributed by atoms with Crippen molar-refractivity contribution in [1.29, 1.82) is 0 Å². The Morgan fingerprint density at radius 1 is 1.40 bits per heavy atom. The van der Waals surface area contributed by atoms with Crippen LogP contribution in [0.1, 0.15) is 45.7 Å². The third-order valence-corrected chi connectivity index (χ3v) is 7.13. The summed E-state index contributed by atoms with van der Waals surface area (Å²) in [6, 6.07) is 5.88. The Balaban J connectivity index is 1.50. The molecular weight excluding hydrogens is 314 g/mol. The van der Waals surface area contributed by atoms with E-state index in [-0.39, 0.29) is 35.4 Å². The van der Waals surface area contributed by atoms with Crippen molar-refractivity contribution in [3.8, 4) is 0 Å². The Morgan fingerprint density at radius 3 is 2.76 bits per heavy atom. The molecule has 0 aromatic carbocycles. The minimum Gasteiger partial charge on any atom is -0.396 e. The first-order valence-electron chi connectivity index (χ1n) is 9.42. The van der Waals surface area contributed by atoms with Gasteiger partial charge in [0.15, 0.2) is 0 Å². The maximum atomic E-state index is 12.4. The van der Waals surface area contributed by atoms with Gasteiger partial charge in [-0.1, -0.05) is 26.8 Å². The van der Waals surface area contributed by atoms with Crippen LogP contribution >= 0.6 is 0 Å². The average molecular weight is 345 g/mol. The fourth-order valence-corrected chi connectivity index (χ4v) is 4.88. The lowest BCUT2D eigenvalue weighted by Gasteiger charge is -2.39. The van der Waals surface area contributed by atoms with Crippen LogP contribution < -0.4 is 10.6 Å². The molecule has 4 atom stereocenters. The first kappa shape index (κ1) is 18.2. The zero-order valence-corrected chi connectivity index (χ0v) is 15.6. The van der Waals surface area contributed by atoms with E-state index in [0.717, 1.165) is 12.1 Å². The van der Waals surface area contributed by atoms with Crippen molar-refractivity contribution in [2.45, 2.75) is 52.5 Å². The predicted molar refractivity (Wildman–Crippen MR) is 98.1 cm³/mol. The summed E-state index contributed by atoms with van der Waals surface area (Å²) >= 11 is 0. The molecule has 0 aliphatic heterocycles. The Hall–Kier alpha value is -1.62. The van der Waals surface area contributed by atoms with E-state index in [0.29, 0.717) is 18.9 Å². The van der Waals surface area contributed by atoms with Crippen LogP contribution in [0.2, 0.25) is 0 Å². The topological polar surface area (TPSA) is 74.2 Å². The Kier molecular flexibility index (Phi) is 5.05. The molecule has 4 unspecified atom stereocenters. The van der Waals surface area contributed by atoms with E-state index in [1.54, 1.807) is 6.20 Å². The molecule has 2 saturated carbocycles. The van der Waals surface area contributed by atoms with Crippen LogP contribution in [-0.4, -0.2) is 35.3 Å². The maximum Gasteiger partial charge on any atom is 0.315 e. The van der Waals surface area contributed by atoms with Crippen molar-refractivity contribution in [3.05, 3.63) is 30.1 Å². The summed E-state index contributed by atoms with van der Waals surface area (Å²) < 4.78 is 0. The molecule has 0 spiro atoms. The number of nitrogens with one attached hydrogen (secondary N) is 2. The number of urea groups is 1. The molecule has 2 amide bonds. The normalized spacial score (nSPS) is 30.9. The molecule has 2 aliphatic rings. The fourth-order valence-electron chi connectivity index (χ4n) is 4.88. The Labute approximate surface area is 150 Å². The molecule has 2 aliphatic carbocycles. The number of carbonyl (C=O) groups excluding carboxylic acids is 1. The highest BCUT2D eigenvalue weighted by Gasteiger charge is 2.61. The van der Waals surface area contributed by atoms with Gasteiger partial charge < -0.3 is 15.7 Å². The summed E-state index contributed by atoms with van der Waals surface area (Å²) in [6.45, 7) is 7.50. The smallest absolute Gasteiger partial charge is 0.315 e. The van der Waals surface area contributed by atoms with Gasteiger partial charge in [-0.2, -0.15) is 0 Å². The second-order valence-electron chi connectivity index (χ2n) is 8.59. The average Bonchev–Trinajstić information content (AvgIpc) is 2.93. The van der Waals surface area contributed by atoms with Gasteiger partial charge in [-0.15, -0.1) is 0 Å². The highest BCUT2D eigenvalue weighted by molar-refractivity contribution is 5.74. The van der Waals surface area contributed by atoms with Crippen LogP contribution in [0.3, 0.4) is 0 Å². The molecule has 1 aromatic rings. The molecular formula is C20H31N3O2. The number of carbonyl (C=O) groups is 1. The molecule has 5 nitrogen and oxygen atoms in total. The van der Waals surface area contributed by atoms with E-state index in [1.807, 2.05) is 18.2 Å². The van der Waals surface area contributed by atoms with Crippen LogP contribution in [0.25, 0.3) is 0 Å². The third-order valence-electron chi connectivity index (χ3n) is 7.13. The van der Waals surface area contributed by atoms with Gasteiger partial charge >= 0.3 is 6.03 Å². The van der Waals surface area contributed by atoms with Crippen molar-refractivity contribution in [2.75, 3.05) is 13.2 Å². The molecule has 138 valence electrons. The lowest BCUT2D eigenvalue weighted by molar-refractivity contribution is 0.123. The number of aliphatic hydroxyl groups is 1. The van der Waals surface area contributed by atoms with Crippen LogP contribution in [0.5, 0.6) is 0 Å². The van der Waals surface area contributed by atoms with Gasteiger partial charge in [0.2, 0.25) is 0 Å². The van der Waals surface area contributed by atoms with Gasteiger partial charge in [-0.05, 0) is 54.6 Å². The summed E-state index contributed by atoms with van der Waals surface area (Å²) in [4.78, 5) is 16.7. The number of pyridine rings is 1. The van der Waals surface area contributed by atoms with Crippen molar-refractivity contribution < 1.29 is 9.90 Å². The standard InChI is InChI=1S/C20H31N3O2/c1-19(2)15-7-8-20(19,3)17(11-15)23-18(25)22-12-14(13-24)10-16-6-4-5-9-21-16/h4-6,9,14-15,17,24H,7-8,10-13H2,1-3H3,(H2,22,23,25). The third kappa shape index (κ3) is 3.39. The molecule has 25 heavy (non-hydrogen) atoms. The van der Waals surface area contributed by atoms with E-state index >= 15 is 0 Å². The summed E-state index contributed by atoms with van der Waals surface area (Å²) in [5.41, 5.74) is 1.41. The molecule has 0 saturated heterocycles. The highest BCUT2D eigenvalue weighted by atomic mass is 16.3. The van der Waals surface area contributed by atoms with E-state index in [2.05, 4.69) is 36.4 Å². The van der Waals surface area contributed by atoms with Crippen LogP contribution in [-0.2, 0) is 6.42 Å². The summed E-state index contributed by atoms with van der Waals surface area (Å²) in [6.07, 6.45) is 5.96. The number of amides is 2. The second-order valence-corrected chi connectivity index (χ2v) is 8.59. The molecule has 0 radical (unpaired) electrons. The molecule has 3 N–H and O–H groups in total. The molecule has 5 heteroatoms. The number of hydrogen-bond acceptors (Lipinski definition) is 3. The first-order valence-corrected chi connectivity index (χ1v) is 9.42. The quantitative estimate of drug-likeness (QED) is 0.742. The number of hydrogen-bond donors (Lipinski definition) is 3. The van der Waals surface area contributed by atoms with E-state index in [4.69, 9.17) is 0 Å². The van der Waals surface area contributed by atoms with E-state index in [9.17, 15) is 9.90 Å². The number of aliphatic hydroxyl groups excluding tert-OH is 1. The summed E-state index contributed by atoms with van der Waals surface area (Å²) in [5.74, 6) is 0.685. The summed E-state index contributed by atoms with van der Waals surface area (Å²) in [7, 11) is 0. The predicted octanol–water partition coefficient (Wildman–Crippen LogP) is 2.75. The number of fused-ring (bicyclic) bond motifs is 2. The largest absolute Gasteiger partial charge is 0.396 e. The maximum absolute atomic E-state index is 12.4. The van der Waals surface area contributed by atoms with Gasteiger partial charge in [0.1, 0.15) is 0 Å². The second kappa shape index (κ2) is 6.94. The minimum atomic E-state index is -0.117. The monoisotopic (exact) mass is 345 g/mol. The number of aromatic nitrogens is 1. The van der Waals surface area contributed by atoms with E-state index < -0.39 is 0 Å². The van der Waals surface area contributed by atoms with Gasteiger partial charge in [-0.25, -0.2) is 4.79 Å². The van der Waals surface area contributed by atoms with Gasteiger partial charge in [0.25, 0.3) is 0 Å².